The average molecular weight is 287 g/mol. The standard InChI is InChI=1S/C14H23ClN2S/c1-11(9-17-6-4-3-5-7-17)16-12(2)13-8-14(15)18-10-13/h8,10-12,16H,3-7,9H2,1-2H3. The van der Waals surface area contributed by atoms with E-state index in [0.29, 0.717) is 12.1 Å². The summed E-state index contributed by atoms with van der Waals surface area (Å²) in [5.74, 6) is 0. The van der Waals surface area contributed by atoms with E-state index in [-0.39, 0.29) is 0 Å². The number of nitrogens with zero attached hydrogens (tertiary/aromatic N) is 1. The van der Waals surface area contributed by atoms with E-state index >= 15 is 0 Å². The molecule has 18 heavy (non-hydrogen) atoms. The zero-order valence-corrected chi connectivity index (χ0v) is 12.9. The lowest BCUT2D eigenvalue weighted by Crippen LogP contribution is -2.42. The van der Waals surface area contributed by atoms with Gasteiger partial charge in [0.25, 0.3) is 0 Å². The Morgan fingerprint density at radius 3 is 2.67 bits per heavy atom. The fourth-order valence-corrected chi connectivity index (χ4v) is 3.64. The maximum atomic E-state index is 5.98. The van der Waals surface area contributed by atoms with Crippen LogP contribution in [0.5, 0.6) is 0 Å². The first kappa shape index (κ1) is 14.3. The lowest BCUT2D eigenvalue weighted by atomic mass is 10.1. The van der Waals surface area contributed by atoms with Crippen molar-refractivity contribution in [3.63, 3.8) is 0 Å². The fourth-order valence-electron chi connectivity index (χ4n) is 2.66. The molecule has 4 heteroatoms. The van der Waals surface area contributed by atoms with Crippen LogP contribution in [0.3, 0.4) is 0 Å². The monoisotopic (exact) mass is 286 g/mol. The molecule has 0 spiro atoms. The first-order valence-corrected chi connectivity index (χ1v) is 8.13. The van der Waals surface area contributed by atoms with E-state index in [1.807, 2.05) is 0 Å². The molecule has 2 unspecified atom stereocenters. The van der Waals surface area contributed by atoms with Crippen LogP contribution in [0, 0.1) is 0 Å². The third-order valence-electron chi connectivity index (χ3n) is 3.60. The fraction of sp³-hybridized carbons (Fsp3) is 0.714. The number of hydrogen-bond donors (Lipinski definition) is 1. The summed E-state index contributed by atoms with van der Waals surface area (Å²) in [4.78, 5) is 2.58. The summed E-state index contributed by atoms with van der Waals surface area (Å²) in [6, 6.07) is 2.97. The predicted molar refractivity (Wildman–Crippen MR) is 80.6 cm³/mol. The normalized spacial score (nSPS) is 20.8. The summed E-state index contributed by atoms with van der Waals surface area (Å²) in [6.07, 6.45) is 4.13. The summed E-state index contributed by atoms with van der Waals surface area (Å²) in [7, 11) is 0. The Morgan fingerprint density at radius 1 is 1.33 bits per heavy atom. The van der Waals surface area contributed by atoms with Crippen LogP contribution in [0.25, 0.3) is 0 Å². The molecule has 0 amide bonds. The minimum Gasteiger partial charge on any atom is -0.306 e. The Balaban J connectivity index is 1.77. The number of thiophene rings is 1. The average Bonchev–Trinajstić information content (AvgIpc) is 2.77. The van der Waals surface area contributed by atoms with Crippen molar-refractivity contribution in [1.82, 2.24) is 10.2 Å². The maximum Gasteiger partial charge on any atom is 0.0931 e. The quantitative estimate of drug-likeness (QED) is 0.882. The van der Waals surface area contributed by atoms with E-state index in [1.165, 1.54) is 37.9 Å². The second-order valence-electron chi connectivity index (χ2n) is 5.33. The Bertz CT molecular complexity index is 360. The highest BCUT2D eigenvalue weighted by Crippen LogP contribution is 2.24. The Labute approximate surface area is 119 Å². The van der Waals surface area contributed by atoms with E-state index in [2.05, 4.69) is 35.5 Å². The van der Waals surface area contributed by atoms with Crippen molar-refractivity contribution in [2.24, 2.45) is 0 Å². The number of rotatable bonds is 5. The van der Waals surface area contributed by atoms with Crippen LogP contribution in [-0.2, 0) is 0 Å². The molecule has 102 valence electrons. The Morgan fingerprint density at radius 2 is 2.06 bits per heavy atom. The molecular formula is C14H23ClN2S. The van der Waals surface area contributed by atoms with Gasteiger partial charge in [-0.05, 0) is 56.8 Å². The highest BCUT2D eigenvalue weighted by molar-refractivity contribution is 7.14. The third-order valence-corrected chi connectivity index (χ3v) is 4.71. The first-order chi connectivity index (χ1) is 8.65. The van der Waals surface area contributed by atoms with Gasteiger partial charge in [-0.1, -0.05) is 18.0 Å². The van der Waals surface area contributed by atoms with Gasteiger partial charge in [0, 0.05) is 18.6 Å². The van der Waals surface area contributed by atoms with Crippen LogP contribution in [0.4, 0.5) is 0 Å². The smallest absolute Gasteiger partial charge is 0.0931 e. The summed E-state index contributed by atoms with van der Waals surface area (Å²) < 4.78 is 0.877. The Hall–Kier alpha value is -0.0900. The molecule has 0 aliphatic carbocycles. The van der Waals surface area contributed by atoms with Crippen LogP contribution in [0.15, 0.2) is 11.4 Å². The molecule has 0 bridgehead atoms. The minimum atomic E-state index is 0.383. The third kappa shape index (κ3) is 4.23. The molecule has 0 aromatic carbocycles. The Kier molecular flexibility index (Phi) is 5.49. The molecule has 2 nitrogen and oxygen atoms in total. The molecule has 0 saturated carbocycles. The summed E-state index contributed by atoms with van der Waals surface area (Å²) in [5.41, 5.74) is 1.30. The topological polar surface area (TPSA) is 15.3 Å². The van der Waals surface area contributed by atoms with Crippen LogP contribution < -0.4 is 5.32 Å². The molecule has 0 radical (unpaired) electrons. The zero-order chi connectivity index (χ0) is 13.0. The number of piperidine rings is 1. The van der Waals surface area contributed by atoms with Crippen LogP contribution in [-0.4, -0.2) is 30.6 Å². The van der Waals surface area contributed by atoms with Crippen LogP contribution >= 0.6 is 22.9 Å². The SMILES string of the molecule is CC(CN1CCCCC1)NC(C)c1csc(Cl)c1. The molecule has 1 aliphatic heterocycles. The van der Waals surface area contributed by atoms with Gasteiger partial charge >= 0.3 is 0 Å². The minimum absolute atomic E-state index is 0.383. The molecular weight excluding hydrogens is 264 g/mol. The van der Waals surface area contributed by atoms with Crippen molar-refractivity contribution in [2.45, 2.75) is 45.2 Å². The zero-order valence-electron chi connectivity index (χ0n) is 11.3. The lowest BCUT2D eigenvalue weighted by molar-refractivity contribution is 0.205. The van der Waals surface area contributed by atoms with Crippen LogP contribution in [0.1, 0.15) is 44.7 Å². The molecule has 1 fully saturated rings. The molecule has 2 rings (SSSR count). The molecule has 1 aromatic heterocycles. The summed E-state index contributed by atoms with van der Waals surface area (Å²) >= 11 is 7.59. The van der Waals surface area contributed by atoms with E-state index in [0.717, 1.165) is 10.9 Å². The number of likely N-dealkylation sites (tertiary alicyclic amines) is 1. The van der Waals surface area contributed by atoms with E-state index in [4.69, 9.17) is 11.6 Å². The number of halogens is 1. The molecule has 2 heterocycles. The molecule has 2 atom stereocenters. The maximum absolute atomic E-state index is 5.98. The van der Waals surface area contributed by atoms with Crippen molar-refractivity contribution in [3.8, 4) is 0 Å². The van der Waals surface area contributed by atoms with Crippen molar-refractivity contribution >= 4 is 22.9 Å². The van der Waals surface area contributed by atoms with Gasteiger partial charge in [-0.2, -0.15) is 0 Å². The summed E-state index contributed by atoms with van der Waals surface area (Å²) in [5, 5.41) is 5.81. The highest BCUT2D eigenvalue weighted by Gasteiger charge is 2.15. The summed E-state index contributed by atoms with van der Waals surface area (Å²) in [6.45, 7) is 8.18. The van der Waals surface area contributed by atoms with E-state index < -0.39 is 0 Å². The van der Waals surface area contributed by atoms with Crippen LogP contribution in [0.2, 0.25) is 4.34 Å². The van der Waals surface area contributed by atoms with Gasteiger partial charge < -0.3 is 10.2 Å². The molecule has 1 saturated heterocycles. The first-order valence-electron chi connectivity index (χ1n) is 6.87. The predicted octanol–water partition coefficient (Wildman–Crippen LogP) is 3.93. The number of nitrogens with one attached hydrogen (secondary N) is 1. The second-order valence-corrected chi connectivity index (χ2v) is 6.88. The van der Waals surface area contributed by atoms with Gasteiger partial charge in [0.15, 0.2) is 0 Å². The van der Waals surface area contributed by atoms with Crippen molar-refractivity contribution in [3.05, 3.63) is 21.3 Å². The van der Waals surface area contributed by atoms with Gasteiger partial charge in [-0.25, -0.2) is 0 Å². The molecule has 1 N–H and O–H groups in total. The van der Waals surface area contributed by atoms with E-state index in [9.17, 15) is 0 Å². The van der Waals surface area contributed by atoms with Crippen molar-refractivity contribution in [2.75, 3.05) is 19.6 Å². The highest BCUT2D eigenvalue weighted by atomic mass is 35.5. The van der Waals surface area contributed by atoms with Gasteiger partial charge in [0.1, 0.15) is 0 Å². The van der Waals surface area contributed by atoms with Crippen molar-refractivity contribution in [1.29, 1.82) is 0 Å². The number of hydrogen-bond acceptors (Lipinski definition) is 3. The lowest BCUT2D eigenvalue weighted by Gasteiger charge is -2.30. The van der Waals surface area contributed by atoms with Gasteiger partial charge in [-0.15, -0.1) is 11.3 Å². The molecule has 1 aliphatic rings. The largest absolute Gasteiger partial charge is 0.306 e. The molecule has 1 aromatic rings. The van der Waals surface area contributed by atoms with Gasteiger partial charge in [0.2, 0.25) is 0 Å². The van der Waals surface area contributed by atoms with E-state index in [1.54, 1.807) is 11.3 Å². The van der Waals surface area contributed by atoms with Gasteiger partial charge in [-0.3, -0.25) is 0 Å². The van der Waals surface area contributed by atoms with Gasteiger partial charge in [0.05, 0.1) is 4.34 Å². The van der Waals surface area contributed by atoms with Crippen molar-refractivity contribution < 1.29 is 0 Å². The second kappa shape index (κ2) is 6.90.